The summed E-state index contributed by atoms with van der Waals surface area (Å²) in [5.74, 6) is 1.88. The zero-order chi connectivity index (χ0) is 16.8. The average molecular weight is 358 g/mol. The largest absolute Gasteiger partial charge is 0.464 e. The van der Waals surface area contributed by atoms with Crippen LogP contribution in [-0.4, -0.2) is 24.8 Å². The molecule has 1 aliphatic rings. The van der Waals surface area contributed by atoms with E-state index >= 15 is 0 Å². The number of hydrogen-bond donors (Lipinski definition) is 0. The van der Waals surface area contributed by atoms with Gasteiger partial charge in [0.2, 0.25) is 0 Å². The van der Waals surface area contributed by atoms with E-state index in [0.717, 1.165) is 29.4 Å². The molecular formula is C19H19NO2S2. The molecule has 0 fully saturated rings. The van der Waals surface area contributed by atoms with E-state index in [1.165, 1.54) is 28.6 Å². The number of fused-ring (bicyclic) bond motifs is 1. The second-order valence-corrected chi connectivity index (χ2v) is 7.23. The summed E-state index contributed by atoms with van der Waals surface area (Å²) in [5.41, 5.74) is 2.43. The molecule has 0 unspecified atom stereocenters. The molecule has 0 bridgehead atoms. The molecule has 0 radical (unpaired) electrons. The maximum atomic E-state index is 10.4. The average Bonchev–Trinajstić information content (AvgIpc) is 2.84. The number of carbonyl (C=O) groups excluding carboxylic acids is 1. The third kappa shape index (κ3) is 3.79. The summed E-state index contributed by atoms with van der Waals surface area (Å²) >= 11 is 3.50. The van der Waals surface area contributed by atoms with E-state index in [4.69, 9.17) is 4.74 Å². The molecule has 3 nitrogen and oxygen atoms in total. The number of thioether (sulfide) groups is 2. The summed E-state index contributed by atoms with van der Waals surface area (Å²) in [6.07, 6.45) is 6.68. The van der Waals surface area contributed by atoms with Crippen molar-refractivity contribution >= 4 is 41.2 Å². The molecule has 0 atom stereocenters. The molecule has 1 heterocycles. The summed E-state index contributed by atoms with van der Waals surface area (Å²) in [6, 6.07) is 14.8. The van der Waals surface area contributed by atoms with Crippen LogP contribution in [0.4, 0.5) is 11.4 Å². The highest BCUT2D eigenvalue weighted by Crippen LogP contribution is 2.43. The Kier molecular flexibility index (Phi) is 5.88. The Labute approximate surface area is 151 Å². The van der Waals surface area contributed by atoms with Crippen molar-refractivity contribution in [3.05, 3.63) is 54.8 Å². The van der Waals surface area contributed by atoms with Gasteiger partial charge in [0.05, 0.1) is 16.8 Å². The first-order valence-electron chi connectivity index (χ1n) is 7.78. The first-order chi connectivity index (χ1) is 11.8. The third-order valence-electron chi connectivity index (χ3n) is 3.74. The molecule has 0 aromatic heterocycles. The standard InChI is InChI=1S/C19H19NO2S2/c1-23-19-13-16-18(14-17(19)22-11-6-10-21)24-12-5-9-20(16)15-7-3-2-4-8-15/h2-4,6-8,10-11,13-14H,5,9,12H2,1H3/b11-6+. The van der Waals surface area contributed by atoms with Gasteiger partial charge in [-0.1, -0.05) is 18.2 Å². The molecule has 0 spiro atoms. The van der Waals surface area contributed by atoms with Gasteiger partial charge in [-0.05, 0) is 42.7 Å². The van der Waals surface area contributed by atoms with Gasteiger partial charge in [0.25, 0.3) is 0 Å². The summed E-state index contributed by atoms with van der Waals surface area (Å²) in [4.78, 5) is 15.1. The van der Waals surface area contributed by atoms with Crippen molar-refractivity contribution in [3.63, 3.8) is 0 Å². The molecule has 0 saturated heterocycles. The molecule has 5 heteroatoms. The molecule has 1 aliphatic heterocycles. The minimum absolute atomic E-state index is 0.716. The Bertz CT molecular complexity index is 732. The van der Waals surface area contributed by atoms with E-state index < -0.39 is 0 Å². The number of allylic oxidation sites excluding steroid dienone is 1. The summed E-state index contributed by atoms with van der Waals surface area (Å²) < 4.78 is 5.65. The SMILES string of the molecule is CSc1cc2c(cc1O/C=C/C=O)SCCCN2c1ccccc1. The highest BCUT2D eigenvalue weighted by atomic mass is 32.2. The molecule has 0 aliphatic carbocycles. The van der Waals surface area contributed by atoms with Crippen molar-refractivity contribution in [2.45, 2.75) is 16.2 Å². The van der Waals surface area contributed by atoms with E-state index in [2.05, 4.69) is 41.3 Å². The van der Waals surface area contributed by atoms with Crippen LogP contribution in [0.5, 0.6) is 5.75 Å². The molecule has 2 aromatic rings. The van der Waals surface area contributed by atoms with Crippen LogP contribution in [0.2, 0.25) is 0 Å². The van der Waals surface area contributed by atoms with Gasteiger partial charge >= 0.3 is 0 Å². The molecule has 2 aromatic carbocycles. The van der Waals surface area contributed by atoms with Crippen molar-refractivity contribution in [2.24, 2.45) is 0 Å². The van der Waals surface area contributed by atoms with Crippen LogP contribution < -0.4 is 9.64 Å². The van der Waals surface area contributed by atoms with Crippen molar-refractivity contribution in [1.29, 1.82) is 0 Å². The molecule has 24 heavy (non-hydrogen) atoms. The zero-order valence-electron chi connectivity index (χ0n) is 13.5. The topological polar surface area (TPSA) is 29.5 Å². The normalized spacial score (nSPS) is 14.3. The number of carbonyl (C=O) groups is 1. The number of ether oxygens (including phenoxy) is 1. The monoisotopic (exact) mass is 357 g/mol. The Morgan fingerprint density at radius 1 is 1.25 bits per heavy atom. The molecule has 0 amide bonds. The van der Waals surface area contributed by atoms with E-state index in [0.29, 0.717) is 6.29 Å². The lowest BCUT2D eigenvalue weighted by Gasteiger charge is -2.25. The molecular weight excluding hydrogens is 338 g/mol. The van der Waals surface area contributed by atoms with Gasteiger partial charge < -0.3 is 9.64 Å². The quantitative estimate of drug-likeness (QED) is 0.320. The smallest absolute Gasteiger partial charge is 0.145 e. The maximum Gasteiger partial charge on any atom is 0.145 e. The Hall–Kier alpha value is -1.85. The van der Waals surface area contributed by atoms with Gasteiger partial charge in [-0.25, -0.2) is 0 Å². The van der Waals surface area contributed by atoms with Crippen LogP contribution in [0.25, 0.3) is 0 Å². The van der Waals surface area contributed by atoms with E-state index in [9.17, 15) is 4.79 Å². The van der Waals surface area contributed by atoms with Gasteiger partial charge in [0.15, 0.2) is 0 Å². The van der Waals surface area contributed by atoms with Crippen LogP contribution in [0.15, 0.2) is 64.6 Å². The second-order valence-electron chi connectivity index (χ2n) is 5.24. The summed E-state index contributed by atoms with van der Waals surface area (Å²) in [7, 11) is 0. The predicted octanol–water partition coefficient (Wildman–Crippen LogP) is 5.13. The molecule has 0 saturated carbocycles. The van der Waals surface area contributed by atoms with Crippen LogP contribution in [0, 0.1) is 0 Å². The number of anilines is 2. The fourth-order valence-electron chi connectivity index (χ4n) is 2.65. The number of hydrogen-bond acceptors (Lipinski definition) is 5. The number of rotatable bonds is 5. The Morgan fingerprint density at radius 2 is 2.08 bits per heavy atom. The van der Waals surface area contributed by atoms with Gasteiger partial charge in [0.1, 0.15) is 12.0 Å². The maximum absolute atomic E-state index is 10.4. The number of aldehydes is 1. The zero-order valence-corrected chi connectivity index (χ0v) is 15.1. The van der Waals surface area contributed by atoms with Gasteiger partial charge in [0, 0.05) is 23.2 Å². The van der Waals surface area contributed by atoms with Gasteiger partial charge in [-0.2, -0.15) is 0 Å². The predicted molar refractivity (Wildman–Crippen MR) is 103 cm³/mol. The van der Waals surface area contributed by atoms with E-state index in [1.807, 2.05) is 24.1 Å². The van der Waals surface area contributed by atoms with Crippen LogP contribution in [0.1, 0.15) is 6.42 Å². The summed E-state index contributed by atoms with van der Waals surface area (Å²) in [5, 5.41) is 0. The number of benzene rings is 2. The highest BCUT2D eigenvalue weighted by molar-refractivity contribution is 7.99. The Morgan fingerprint density at radius 3 is 2.83 bits per heavy atom. The number of para-hydroxylation sites is 1. The molecule has 124 valence electrons. The van der Waals surface area contributed by atoms with Crippen LogP contribution >= 0.6 is 23.5 Å². The first-order valence-corrected chi connectivity index (χ1v) is 9.99. The van der Waals surface area contributed by atoms with Crippen molar-refractivity contribution < 1.29 is 9.53 Å². The van der Waals surface area contributed by atoms with Crippen molar-refractivity contribution in [1.82, 2.24) is 0 Å². The first kappa shape index (κ1) is 17.0. The lowest BCUT2D eigenvalue weighted by atomic mass is 10.2. The van der Waals surface area contributed by atoms with E-state index in [-0.39, 0.29) is 0 Å². The Balaban J connectivity index is 2.03. The van der Waals surface area contributed by atoms with Crippen molar-refractivity contribution in [3.8, 4) is 5.75 Å². The van der Waals surface area contributed by atoms with Gasteiger partial charge in [-0.3, -0.25) is 4.79 Å². The van der Waals surface area contributed by atoms with Crippen LogP contribution in [0.3, 0.4) is 0 Å². The minimum atomic E-state index is 0.716. The molecule has 3 rings (SSSR count). The van der Waals surface area contributed by atoms with Crippen LogP contribution in [-0.2, 0) is 4.79 Å². The lowest BCUT2D eigenvalue weighted by molar-refractivity contribution is -0.104. The minimum Gasteiger partial charge on any atom is -0.464 e. The molecule has 0 N–H and O–H groups in total. The third-order valence-corrected chi connectivity index (χ3v) is 5.63. The van der Waals surface area contributed by atoms with Crippen molar-refractivity contribution in [2.75, 3.05) is 23.5 Å². The second kappa shape index (κ2) is 8.31. The lowest BCUT2D eigenvalue weighted by Crippen LogP contribution is -2.18. The van der Waals surface area contributed by atoms with E-state index in [1.54, 1.807) is 11.8 Å². The number of nitrogens with zero attached hydrogens (tertiary/aromatic N) is 1. The summed E-state index contributed by atoms with van der Waals surface area (Å²) in [6.45, 7) is 1.00. The highest BCUT2D eigenvalue weighted by Gasteiger charge is 2.20. The fourth-order valence-corrected chi connectivity index (χ4v) is 4.19. The van der Waals surface area contributed by atoms with Gasteiger partial charge in [-0.15, -0.1) is 23.5 Å². The fraction of sp³-hybridized carbons (Fsp3) is 0.211.